The number of hydrogen-bond donors (Lipinski definition) is 2. The normalized spacial score (nSPS) is 12.5. The zero-order valence-corrected chi connectivity index (χ0v) is 12.5. The molecule has 106 valence electrons. The van der Waals surface area contributed by atoms with Crippen molar-refractivity contribution in [2.24, 2.45) is 0 Å². The van der Waals surface area contributed by atoms with Gasteiger partial charge in [-0.25, -0.2) is 0 Å². The minimum atomic E-state index is -0.906. The van der Waals surface area contributed by atoms with Crippen LogP contribution in [0.3, 0.4) is 0 Å². The zero-order valence-electron chi connectivity index (χ0n) is 11.0. The summed E-state index contributed by atoms with van der Waals surface area (Å²) >= 11 is 12.2. The molecule has 0 aliphatic rings. The van der Waals surface area contributed by atoms with Gasteiger partial charge in [-0.15, -0.1) is 0 Å². The predicted octanol–water partition coefficient (Wildman–Crippen LogP) is 3.34. The molecule has 0 bridgehead atoms. The van der Waals surface area contributed by atoms with Gasteiger partial charge in [0.15, 0.2) is 5.75 Å². The summed E-state index contributed by atoms with van der Waals surface area (Å²) in [5.74, 6) is -0.453. The third-order valence-electron chi connectivity index (χ3n) is 2.39. The Labute approximate surface area is 122 Å². The molecule has 0 heterocycles. The van der Waals surface area contributed by atoms with Crippen LogP contribution in [0.1, 0.15) is 26.3 Å². The van der Waals surface area contributed by atoms with Crippen LogP contribution < -0.4 is 10.1 Å². The van der Waals surface area contributed by atoms with Crippen LogP contribution in [0.5, 0.6) is 5.75 Å². The van der Waals surface area contributed by atoms with Crippen LogP contribution >= 0.6 is 23.2 Å². The van der Waals surface area contributed by atoms with Gasteiger partial charge in [0.25, 0.3) is 0 Å². The number of rotatable bonds is 6. The average Bonchev–Trinajstić information content (AvgIpc) is 2.30. The second-order valence-corrected chi connectivity index (χ2v) is 5.31. The lowest BCUT2D eigenvalue weighted by atomic mass is 10.2. The minimum absolute atomic E-state index is 0.0222. The monoisotopic (exact) mass is 305 g/mol. The molecule has 0 aliphatic carbocycles. The van der Waals surface area contributed by atoms with Gasteiger partial charge < -0.3 is 15.2 Å². The first-order valence-corrected chi connectivity index (χ1v) is 6.67. The number of nitrogens with one attached hydrogen (secondary N) is 1. The lowest BCUT2D eigenvalue weighted by Gasteiger charge is -2.15. The van der Waals surface area contributed by atoms with Crippen LogP contribution in [-0.4, -0.2) is 23.2 Å². The molecular formula is C13H17Cl2NO3. The van der Waals surface area contributed by atoms with E-state index in [4.69, 9.17) is 33.0 Å². The molecule has 1 rings (SSSR count). The van der Waals surface area contributed by atoms with Crippen molar-refractivity contribution in [3.8, 4) is 5.75 Å². The summed E-state index contributed by atoms with van der Waals surface area (Å²) in [5.41, 5.74) is 0.805. The summed E-state index contributed by atoms with van der Waals surface area (Å²) in [6, 6.07) is 2.79. The van der Waals surface area contributed by atoms with Crippen molar-refractivity contribution >= 4 is 29.2 Å². The average molecular weight is 306 g/mol. The van der Waals surface area contributed by atoms with Gasteiger partial charge in [-0.1, -0.05) is 23.2 Å². The smallest absolute Gasteiger partial charge is 0.320 e. The number of benzene rings is 1. The Morgan fingerprint density at radius 1 is 1.32 bits per heavy atom. The van der Waals surface area contributed by atoms with E-state index in [1.807, 2.05) is 13.8 Å². The Balaban J connectivity index is 2.80. The third kappa shape index (κ3) is 4.90. The fourth-order valence-corrected chi connectivity index (χ4v) is 2.04. The Hall–Kier alpha value is -0.970. The summed E-state index contributed by atoms with van der Waals surface area (Å²) in [5, 5.41) is 12.5. The predicted molar refractivity (Wildman–Crippen MR) is 76.2 cm³/mol. The molecule has 0 saturated carbocycles. The van der Waals surface area contributed by atoms with Crippen LogP contribution in [0.2, 0.25) is 10.0 Å². The molecule has 0 fully saturated rings. The summed E-state index contributed by atoms with van der Waals surface area (Å²) < 4.78 is 5.52. The number of halogens is 2. The van der Waals surface area contributed by atoms with Gasteiger partial charge in [0.05, 0.1) is 16.1 Å². The highest BCUT2D eigenvalue weighted by Crippen LogP contribution is 2.34. The van der Waals surface area contributed by atoms with E-state index in [0.717, 1.165) is 5.56 Å². The highest BCUT2D eigenvalue weighted by atomic mass is 35.5. The summed E-state index contributed by atoms with van der Waals surface area (Å²) in [6.07, 6.45) is -0.0222. The standard InChI is InChI=1S/C13H17Cl2NO3/c1-7(2)19-12-10(14)4-9(5-11(12)15)6-16-8(3)13(17)18/h4-5,7-8,16H,6H2,1-3H3,(H,17,18). The van der Waals surface area contributed by atoms with Gasteiger partial charge in [0.2, 0.25) is 0 Å². The van der Waals surface area contributed by atoms with E-state index in [9.17, 15) is 4.79 Å². The summed E-state index contributed by atoms with van der Waals surface area (Å²) in [4.78, 5) is 10.7. The molecule has 19 heavy (non-hydrogen) atoms. The minimum Gasteiger partial charge on any atom is -0.488 e. The van der Waals surface area contributed by atoms with Crippen LogP contribution in [0, 0.1) is 0 Å². The number of carboxylic acid groups (broad SMARTS) is 1. The van der Waals surface area contributed by atoms with Crippen molar-refractivity contribution in [1.82, 2.24) is 5.32 Å². The van der Waals surface area contributed by atoms with Gasteiger partial charge in [0.1, 0.15) is 6.04 Å². The van der Waals surface area contributed by atoms with Crippen molar-refractivity contribution in [3.63, 3.8) is 0 Å². The molecule has 1 aromatic carbocycles. The molecule has 1 unspecified atom stereocenters. The lowest BCUT2D eigenvalue weighted by Crippen LogP contribution is -2.33. The molecule has 1 aromatic rings. The van der Waals surface area contributed by atoms with Crippen LogP contribution in [0.4, 0.5) is 0 Å². The molecule has 0 aliphatic heterocycles. The first kappa shape index (κ1) is 16.1. The second-order valence-electron chi connectivity index (χ2n) is 4.50. The molecule has 0 amide bonds. The Morgan fingerprint density at radius 2 is 1.84 bits per heavy atom. The molecule has 4 nitrogen and oxygen atoms in total. The van der Waals surface area contributed by atoms with Gasteiger partial charge >= 0.3 is 5.97 Å². The van der Waals surface area contributed by atoms with Crippen molar-refractivity contribution in [3.05, 3.63) is 27.7 Å². The molecule has 0 radical (unpaired) electrons. The van der Waals surface area contributed by atoms with Crippen LogP contribution in [0.25, 0.3) is 0 Å². The zero-order chi connectivity index (χ0) is 14.6. The third-order valence-corrected chi connectivity index (χ3v) is 2.96. The largest absolute Gasteiger partial charge is 0.488 e. The van der Waals surface area contributed by atoms with Gasteiger partial charge in [0, 0.05) is 6.54 Å². The van der Waals surface area contributed by atoms with E-state index >= 15 is 0 Å². The topological polar surface area (TPSA) is 58.6 Å². The number of hydrogen-bond acceptors (Lipinski definition) is 3. The maximum Gasteiger partial charge on any atom is 0.320 e. The molecule has 2 N–H and O–H groups in total. The fraction of sp³-hybridized carbons (Fsp3) is 0.462. The maximum atomic E-state index is 10.7. The van der Waals surface area contributed by atoms with Crippen molar-refractivity contribution < 1.29 is 14.6 Å². The van der Waals surface area contributed by atoms with Gasteiger partial charge in [-0.3, -0.25) is 4.79 Å². The molecule has 6 heteroatoms. The lowest BCUT2D eigenvalue weighted by molar-refractivity contribution is -0.139. The van der Waals surface area contributed by atoms with Crippen LogP contribution in [-0.2, 0) is 11.3 Å². The van der Waals surface area contributed by atoms with E-state index in [-0.39, 0.29) is 6.10 Å². The number of aliphatic carboxylic acids is 1. The van der Waals surface area contributed by atoms with Gasteiger partial charge in [-0.05, 0) is 38.5 Å². The van der Waals surface area contributed by atoms with E-state index < -0.39 is 12.0 Å². The number of carboxylic acids is 1. The number of ether oxygens (including phenoxy) is 1. The van der Waals surface area contributed by atoms with E-state index in [1.54, 1.807) is 19.1 Å². The summed E-state index contributed by atoms with van der Waals surface area (Å²) in [6.45, 7) is 5.71. The Morgan fingerprint density at radius 3 is 2.26 bits per heavy atom. The first-order chi connectivity index (χ1) is 8.81. The van der Waals surface area contributed by atoms with Crippen LogP contribution in [0.15, 0.2) is 12.1 Å². The van der Waals surface area contributed by atoms with E-state index in [2.05, 4.69) is 5.32 Å². The maximum absolute atomic E-state index is 10.7. The van der Waals surface area contributed by atoms with Crippen molar-refractivity contribution in [1.29, 1.82) is 0 Å². The summed E-state index contributed by atoms with van der Waals surface area (Å²) in [7, 11) is 0. The fourth-order valence-electron chi connectivity index (χ4n) is 1.42. The molecule has 0 spiro atoms. The first-order valence-electron chi connectivity index (χ1n) is 5.92. The second kappa shape index (κ2) is 6.98. The highest BCUT2D eigenvalue weighted by molar-refractivity contribution is 6.37. The molecular weight excluding hydrogens is 289 g/mol. The van der Waals surface area contributed by atoms with E-state index in [1.165, 1.54) is 0 Å². The molecule has 0 aromatic heterocycles. The highest BCUT2D eigenvalue weighted by Gasteiger charge is 2.13. The number of carbonyl (C=O) groups is 1. The Kier molecular flexibility index (Phi) is 5.91. The van der Waals surface area contributed by atoms with Gasteiger partial charge in [-0.2, -0.15) is 0 Å². The van der Waals surface area contributed by atoms with E-state index in [0.29, 0.717) is 22.3 Å². The van der Waals surface area contributed by atoms with Crippen molar-refractivity contribution in [2.45, 2.75) is 39.5 Å². The quantitative estimate of drug-likeness (QED) is 0.846. The SMILES string of the molecule is CC(C)Oc1c(Cl)cc(CNC(C)C(=O)O)cc1Cl. The Bertz CT molecular complexity index is 440. The molecule has 0 saturated heterocycles. The molecule has 1 atom stereocenters. The van der Waals surface area contributed by atoms with Crippen molar-refractivity contribution in [2.75, 3.05) is 0 Å².